The highest BCUT2D eigenvalue weighted by molar-refractivity contribution is 5.85. The van der Waals surface area contributed by atoms with Gasteiger partial charge in [-0.15, -0.1) is 35.0 Å². The minimum atomic E-state index is -4.48. The second kappa shape index (κ2) is 11.4. The minimum Gasteiger partial charge on any atom is -0.384 e. The molecule has 5 rings (SSSR count). The largest absolute Gasteiger partial charge is 0.408 e. The number of rotatable bonds is 6. The van der Waals surface area contributed by atoms with Crippen LogP contribution in [0, 0.1) is 5.82 Å². The molecule has 0 amide bonds. The summed E-state index contributed by atoms with van der Waals surface area (Å²) in [5, 5.41) is 8.88. The Morgan fingerprint density at radius 2 is 1.92 bits per heavy atom. The van der Waals surface area contributed by atoms with E-state index in [0.717, 1.165) is 0 Å². The van der Waals surface area contributed by atoms with Crippen LogP contribution in [0.3, 0.4) is 0 Å². The second-order valence-electron chi connectivity index (χ2n) is 8.78. The van der Waals surface area contributed by atoms with Crippen LogP contribution < -0.4 is 5.73 Å². The third-order valence-corrected chi connectivity index (χ3v) is 6.33. The Morgan fingerprint density at radius 1 is 1.14 bits per heavy atom. The molecule has 0 aliphatic carbocycles. The molecule has 1 unspecified atom stereocenters. The molecule has 1 aromatic carbocycles. The van der Waals surface area contributed by atoms with E-state index < -0.39 is 12.2 Å². The van der Waals surface area contributed by atoms with Crippen LogP contribution in [0.4, 0.5) is 17.6 Å². The number of methoxy groups -OCH3 is 1. The summed E-state index contributed by atoms with van der Waals surface area (Å²) in [4.78, 5) is 5.97. The van der Waals surface area contributed by atoms with Crippen molar-refractivity contribution in [1.82, 2.24) is 24.5 Å². The molecule has 3 aromatic heterocycles. The van der Waals surface area contributed by atoms with Crippen LogP contribution in [0.2, 0.25) is 0 Å². The van der Waals surface area contributed by atoms with Gasteiger partial charge in [0.1, 0.15) is 17.6 Å². The number of nitrogens with zero attached hydrogens (tertiary/aromatic N) is 5. The first kappa shape index (κ1) is 29.0. The molecular formula is C24H26Cl2F4N6O. The predicted octanol–water partition coefficient (Wildman–Crippen LogP) is 4.75. The zero-order chi connectivity index (χ0) is 24.7. The van der Waals surface area contributed by atoms with Crippen molar-refractivity contribution in [3.8, 4) is 11.5 Å². The predicted molar refractivity (Wildman–Crippen MR) is 137 cm³/mol. The number of pyridine rings is 2. The number of alkyl halides is 3. The van der Waals surface area contributed by atoms with Gasteiger partial charge in [-0.1, -0.05) is 12.1 Å². The normalized spacial score (nSPS) is 17.1. The maximum atomic E-state index is 14.4. The van der Waals surface area contributed by atoms with Gasteiger partial charge in [0.05, 0.1) is 12.1 Å². The van der Waals surface area contributed by atoms with E-state index in [1.165, 1.54) is 33.7 Å². The number of aromatic nitrogens is 4. The number of halogens is 6. The van der Waals surface area contributed by atoms with Crippen molar-refractivity contribution in [2.75, 3.05) is 26.8 Å². The summed E-state index contributed by atoms with van der Waals surface area (Å²) in [6.07, 6.45) is -2.16. The van der Waals surface area contributed by atoms with Crippen LogP contribution in [0.1, 0.15) is 23.6 Å². The van der Waals surface area contributed by atoms with Gasteiger partial charge in [-0.3, -0.25) is 9.30 Å². The Morgan fingerprint density at radius 3 is 2.59 bits per heavy atom. The van der Waals surface area contributed by atoms with Gasteiger partial charge < -0.3 is 10.5 Å². The summed E-state index contributed by atoms with van der Waals surface area (Å²) in [6.45, 7) is 0.806. The summed E-state index contributed by atoms with van der Waals surface area (Å²) in [6, 6.07) is 7.29. The van der Waals surface area contributed by atoms with E-state index in [1.807, 2.05) is 0 Å². The highest BCUT2D eigenvalue weighted by Crippen LogP contribution is 2.39. The second-order valence-corrected chi connectivity index (χ2v) is 8.78. The van der Waals surface area contributed by atoms with Crippen LogP contribution in [0.25, 0.3) is 28.1 Å². The molecule has 2 N–H and O–H groups in total. The van der Waals surface area contributed by atoms with Crippen molar-refractivity contribution in [1.29, 1.82) is 0 Å². The molecule has 0 spiro atoms. The first-order chi connectivity index (χ1) is 16.7. The van der Waals surface area contributed by atoms with Crippen molar-refractivity contribution in [3.05, 3.63) is 59.5 Å². The van der Waals surface area contributed by atoms with Gasteiger partial charge in [0.15, 0.2) is 11.5 Å². The van der Waals surface area contributed by atoms with Gasteiger partial charge in [0.25, 0.3) is 0 Å². The quantitative estimate of drug-likeness (QED) is 0.343. The molecule has 1 fully saturated rings. The van der Waals surface area contributed by atoms with E-state index in [-0.39, 0.29) is 55.3 Å². The molecule has 37 heavy (non-hydrogen) atoms. The maximum Gasteiger partial charge on any atom is 0.408 e. The molecule has 0 radical (unpaired) electrons. The van der Waals surface area contributed by atoms with Crippen LogP contribution in [-0.2, 0) is 11.2 Å². The number of benzene rings is 1. The molecular weight excluding hydrogens is 535 g/mol. The van der Waals surface area contributed by atoms with Gasteiger partial charge in [0, 0.05) is 37.8 Å². The lowest BCUT2D eigenvalue weighted by Crippen LogP contribution is -2.38. The molecule has 1 aliphatic rings. The summed E-state index contributed by atoms with van der Waals surface area (Å²) in [7, 11) is 1.54. The molecule has 200 valence electrons. The van der Waals surface area contributed by atoms with Gasteiger partial charge in [-0.25, -0.2) is 9.37 Å². The number of nitrogens with two attached hydrogens (primary N) is 1. The van der Waals surface area contributed by atoms with Gasteiger partial charge >= 0.3 is 6.18 Å². The van der Waals surface area contributed by atoms with Gasteiger partial charge in [-0.2, -0.15) is 13.2 Å². The lowest BCUT2D eigenvalue weighted by molar-refractivity contribution is -0.183. The molecule has 0 saturated carbocycles. The lowest BCUT2D eigenvalue weighted by atomic mass is 10.1. The molecule has 4 heterocycles. The molecule has 0 bridgehead atoms. The summed E-state index contributed by atoms with van der Waals surface area (Å²) >= 11 is 0. The van der Waals surface area contributed by atoms with E-state index >= 15 is 0 Å². The van der Waals surface area contributed by atoms with E-state index in [2.05, 4.69) is 15.2 Å². The van der Waals surface area contributed by atoms with Crippen molar-refractivity contribution < 1.29 is 22.3 Å². The number of hydrogen-bond donors (Lipinski definition) is 1. The van der Waals surface area contributed by atoms with Crippen LogP contribution in [-0.4, -0.2) is 63.5 Å². The monoisotopic (exact) mass is 560 g/mol. The third kappa shape index (κ3) is 5.80. The Balaban J connectivity index is 0.00000190. The Kier molecular flexibility index (Phi) is 8.97. The van der Waals surface area contributed by atoms with Crippen molar-refractivity contribution in [2.24, 2.45) is 5.73 Å². The zero-order valence-corrected chi connectivity index (χ0v) is 21.4. The van der Waals surface area contributed by atoms with E-state index in [4.69, 9.17) is 10.5 Å². The van der Waals surface area contributed by atoms with Crippen molar-refractivity contribution in [2.45, 2.75) is 31.1 Å². The highest BCUT2D eigenvalue weighted by atomic mass is 35.5. The van der Waals surface area contributed by atoms with Crippen molar-refractivity contribution in [3.63, 3.8) is 0 Å². The topological polar surface area (TPSA) is 81.6 Å². The number of likely N-dealkylation sites (tertiary alicyclic amines) is 1. The Bertz CT molecular complexity index is 1380. The summed E-state index contributed by atoms with van der Waals surface area (Å²) < 4.78 is 63.2. The zero-order valence-electron chi connectivity index (χ0n) is 19.8. The molecule has 4 aromatic rings. The number of fused-ring (bicyclic) bond motifs is 2. The van der Waals surface area contributed by atoms with E-state index in [1.54, 1.807) is 25.3 Å². The Labute approximate surface area is 222 Å². The minimum absolute atomic E-state index is 0. The highest BCUT2D eigenvalue weighted by Gasteiger charge is 2.46. The average Bonchev–Trinajstić information content (AvgIpc) is 3.42. The smallest absolute Gasteiger partial charge is 0.384 e. The SMILES string of the molecule is COCCc1cc2nc(-c3nnc4ccc([C@@H](N5CCC(N)C5)C(F)(F)F)cn34)ccc2cc1F.Cl.Cl. The van der Waals surface area contributed by atoms with E-state index in [9.17, 15) is 17.6 Å². The first-order valence-electron chi connectivity index (χ1n) is 11.2. The molecule has 1 saturated heterocycles. The standard InChI is InChI=1S/C24H24F4N6O.2ClH/c1-35-9-7-14-11-20-15(10-18(14)25)2-4-19(30-20)23-32-31-21-5-3-16(12-34(21)23)22(24(26,27)28)33-8-6-17(29)13-33;;/h2-5,10-12,17,22H,6-9,13,29H2,1H3;2*1H/t17?,22-;;/m1../s1. The third-order valence-electron chi connectivity index (χ3n) is 6.33. The van der Waals surface area contributed by atoms with Crippen LogP contribution in [0.15, 0.2) is 42.6 Å². The van der Waals surface area contributed by atoms with Crippen molar-refractivity contribution >= 4 is 41.4 Å². The number of hydrogen-bond acceptors (Lipinski definition) is 6. The molecule has 2 atom stereocenters. The first-order valence-corrected chi connectivity index (χ1v) is 11.2. The Hall–Kier alpha value is -2.57. The fraction of sp³-hybridized carbons (Fsp3) is 0.375. The molecule has 1 aliphatic heterocycles. The van der Waals surface area contributed by atoms with E-state index in [0.29, 0.717) is 53.1 Å². The fourth-order valence-corrected chi connectivity index (χ4v) is 4.62. The maximum absolute atomic E-state index is 14.4. The fourth-order valence-electron chi connectivity index (χ4n) is 4.62. The van der Waals surface area contributed by atoms with Crippen LogP contribution in [0.5, 0.6) is 0 Å². The van der Waals surface area contributed by atoms with Gasteiger partial charge in [-0.05, 0) is 48.2 Å². The number of ether oxygens (including phenoxy) is 1. The summed E-state index contributed by atoms with van der Waals surface area (Å²) in [5.41, 5.74) is 7.77. The van der Waals surface area contributed by atoms with Crippen LogP contribution >= 0.6 is 24.8 Å². The lowest BCUT2D eigenvalue weighted by Gasteiger charge is -2.30. The summed E-state index contributed by atoms with van der Waals surface area (Å²) in [5.74, 6) is -0.0490. The molecule has 7 nitrogen and oxygen atoms in total. The molecule has 13 heteroatoms. The average molecular weight is 561 g/mol. The van der Waals surface area contributed by atoms with Gasteiger partial charge in [0.2, 0.25) is 0 Å².